The highest BCUT2D eigenvalue weighted by Gasteiger charge is 2.23. The van der Waals surface area contributed by atoms with Crippen molar-refractivity contribution in [2.45, 2.75) is 0 Å². The Morgan fingerprint density at radius 3 is 3.24 bits per heavy atom. The number of carbonyl (C=O) groups excluding carboxylic acids is 1. The molecule has 0 bridgehead atoms. The number of para-hydroxylation sites is 2. The van der Waals surface area contributed by atoms with Crippen LogP contribution < -0.4 is 10.6 Å². The summed E-state index contributed by atoms with van der Waals surface area (Å²) in [5.74, 6) is -1.12. The van der Waals surface area contributed by atoms with E-state index >= 15 is 0 Å². The van der Waals surface area contributed by atoms with E-state index in [2.05, 4.69) is 20.6 Å². The number of fused-ring (bicyclic) bond motifs is 3. The Balaban J connectivity index is 1.83. The van der Waals surface area contributed by atoms with Crippen LogP contribution in [0.25, 0.3) is 11.4 Å². The Morgan fingerprint density at radius 1 is 1.48 bits per heavy atom. The lowest BCUT2D eigenvalue weighted by Gasteiger charge is -2.20. The van der Waals surface area contributed by atoms with E-state index < -0.39 is 12.0 Å². The minimum atomic E-state index is -1.07. The second kappa shape index (κ2) is 5.91. The number of aromatic hydroxyl groups is 1. The SMILES string of the molecule is [2H]Oc1ccccc1N([2H])C(=O)/C([2H])=C1/c2nnnn2-c2ccc(Cl)cc2N1[2H]. The third kappa shape index (κ3) is 2.79. The van der Waals surface area contributed by atoms with Gasteiger partial charge in [-0.2, -0.15) is 4.68 Å². The van der Waals surface area contributed by atoms with Crippen molar-refractivity contribution in [1.29, 1.82) is 1.43 Å². The quantitative estimate of drug-likeness (QED) is 0.490. The van der Waals surface area contributed by atoms with Gasteiger partial charge >= 0.3 is 0 Å². The van der Waals surface area contributed by atoms with Gasteiger partial charge in [-0.1, -0.05) is 23.7 Å². The number of rotatable bonds is 3. The summed E-state index contributed by atoms with van der Waals surface area (Å²) in [5.41, 5.74) is 0.449. The van der Waals surface area contributed by atoms with Crippen molar-refractivity contribution in [3.05, 3.63) is 59.4 Å². The van der Waals surface area contributed by atoms with Gasteiger partial charge in [0.15, 0.2) is 2.82 Å². The first-order valence-corrected chi connectivity index (χ1v) is 7.46. The van der Waals surface area contributed by atoms with Gasteiger partial charge in [-0.15, -0.1) is 5.10 Å². The monoisotopic (exact) mass is 358 g/mol. The first-order valence-electron chi connectivity index (χ1n) is 8.88. The lowest BCUT2D eigenvalue weighted by atomic mass is 10.2. The van der Waals surface area contributed by atoms with Gasteiger partial charge in [0, 0.05) is 11.1 Å². The third-order valence-corrected chi connectivity index (χ3v) is 3.63. The van der Waals surface area contributed by atoms with Crippen LogP contribution in [0.15, 0.2) is 48.5 Å². The van der Waals surface area contributed by atoms with Gasteiger partial charge in [-0.3, -0.25) is 4.79 Å². The standard InChI is InChI=1S/C16H11ClN6O2/c17-9-5-6-13-11(7-9)18-12(16-20-21-22-23(13)16)8-15(25)19-10-3-1-2-4-14(10)24/h1-8,18,24H,(H,19,25)/b12-8-/i8D/hD3. The molecule has 0 saturated heterocycles. The molecule has 0 unspecified atom stereocenters. The number of amides is 1. The normalized spacial score (nSPS) is 16.6. The maximum absolute atomic E-state index is 12.8. The minimum absolute atomic E-state index is 0.00778. The lowest BCUT2D eigenvalue weighted by Crippen LogP contribution is -2.18. The van der Waals surface area contributed by atoms with E-state index in [1.807, 2.05) is 0 Å². The summed E-state index contributed by atoms with van der Waals surface area (Å²) in [5, 5.41) is 17.3. The Kier molecular flexibility index (Phi) is 2.65. The van der Waals surface area contributed by atoms with E-state index in [-0.39, 0.29) is 28.6 Å². The van der Waals surface area contributed by atoms with Gasteiger partial charge in [0.05, 0.1) is 24.1 Å². The smallest absolute Gasteiger partial charge is 0.293 e. The van der Waals surface area contributed by atoms with Gasteiger partial charge in [0.25, 0.3) is 7.34 Å². The second-order valence-corrected chi connectivity index (χ2v) is 5.45. The summed E-state index contributed by atoms with van der Waals surface area (Å²) >= 11 is 6.03. The van der Waals surface area contributed by atoms with Crippen molar-refractivity contribution in [3.63, 3.8) is 0 Å². The number of phenolic OH excluding ortho intramolecular Hbond substituents is 1. The first-order chi connectivity index (χ1) is 13.9. The molecule has 1 aromatic heterocycles. The molecule has 0 radical (unpaired) electrons. The van der Waals surface area contributed by atoms with E-state index in [1.54, 1.807) is 24.3 Å². The molecule has 0 saturated carbocycles. The van der Waals surface area contributed by atoms with E-state index in [0.717, 1.165) is 5.31 Å². The molecule has 1 amide bonds. The minimum Gasteiger partial charge on any atom is -0.506 e. The van der Waals surface area contributed by atoms with Gasteiger partial charge < -0.3 is 15.7 Å². The molecule has 2 heterocycles. The van der Waals surface area contributed by atoms with Crippen LogP contribution >= 0.6 is 11.6 Å². The number of benzene rings is 2. The molecule has 1 aliphatic heterocycles. The second-order valence-electron chi connectivity index (χ2n) is 5.02. The Bertz CT molecular complexity index is 1150. The molecule has 0 aliphatic carbocycles. The van der Waals surface area contributed by atoms with E-state index in [1.165, 1.54) is 22.9 Å². The number of halogens is 1. The first kappa shape index (κ1) is 11.2. The lowest BCUT2D eigenvalue weighted by molar-refractivity contribution is -0.111. The number of aromatic nitrogens is 4. The average Bonchev–Trinajstić information content (AvgIpc) is 3.22. The number of carbonyl (C=O) groups is 1. The summed E-state index contributed by atoms with van der Waals surface area (Å²) < 4.78 is 33.2. The van der Waals surface area contributed by atoms with Crippen LogP contribution in [-0.2, 0) is 4.79 Å². The van der Waals surface area contributed by atoms with E-state index in [0.29, 0.717) is 16.0 Å². The molecule has 1 aliphatic rings. The van der Waals surface area contributed by atoms with Crippen LogP contribution in [0.5, 0.6) is 5.75 Å². The average molecular weight is 359 g/mol. The number of nitrogens with one attached hydrogen (secondary N) is 2. The van der Waals surface area contributed by atoms with Crippen molar-refractivity contribution in [1.82, 2.24) is 20.2 Å². The summed E-state index contributed by atoms with van der Waals surface area (Å²) in [6, 6.07) is 9.93. The molecule has 0 spiro atoms. The summed E-state index contributed by atoms with van der Waals surface area (Å²) in [7, 11) is 0. The molecule has 8 nitrogen and oxygen atoms in total. The fraction of sp³-hybridized carbons (Fsp3) is 0. The zero-order valence-electron chi connectivity index (χ0n) is 16.4. The fourth-order valence-corrected chi connectivity index (χ4v) is 2.47. The summed E-state index contributed by atoms with van der Waals surface area (Å²) in [4.78, 5) is 12.8. The maximum Gasteiger partial charge on any atom is 0.293 e. The molecule has 9 heteroatoms. The number of hydrogen-bond acceptors (Lipinski definition) is 6. The molecule has 0 fully saturated rings. The van der Waals surface area contributed by atoms with Crippen LogP contribution in [-0.4, -0.2) is 32.7 Å². The summed E-state index contributed by atoms with van der Waals surface area (Å²) in [6.45, 7) is 0. The van der Waals surface area contributed by atoms with Crippen molar-refractivity contribution in [2.24, 2.45) is 0 Å². The van der Waals surface area contributed by atoms with Gasteiger partial charge in [-0.05, 0) is 40.8 Å². The molecule has 3 aromatic rings. The van der Waals surface area contributed by atoms with Crippen LogP contribution in [0, 0.1) is 0 Å². The number of tetrazole rings is 1. The zero-order chi connectivity index (χ0) is 20.7. The summed E-state index contributed by atoms with van der Waals surface area (Å²) in [6.07, 6.45) is 0. The molecule has 3 N–H and O–H groups in total. The van der Waals surface area contributed by atoms with Crippen molar-refractivity contribution in [3.8, 4) is 11.4 Å². The number of anilines is 2. The van der Waals surface area contributed by atoms with Crippen molar-refractivity contribution in [2.75, 3.05) is 10.6 Å². The highest BCUT2D eigenvalue weighted by Crippen LogP contribution is 2.32. The largest absolute Gasteiger partial charge is 0.506 e. The molecule has 0 atom stereocenters. The van der Waals surface area contributed by atoms with Crippen molar-refractivity contribution < 1.29 is 14.1 Å². The van der Waals surface area contributed by atoms with Crippen LogP contribution in [0.4, 0.5) is 11.4 Å². The molecule has 25 heavy (non-hydrogen) atoms. The molecule has 4 rings (SSSR count). The van der Waals surface area contributed by atoms with Crippen LogP contribution in [0.3, 0.4) is 0 Å². The molecular formula is C16H11ClN6O2. The Labute approximate surface area is 152 Å². The molecule has 2 aromatic carbocycles. The van der Waals surface area contributed by atoms with Crippen LogP contribution in [0.2, 0.25) is 7.85 Å². The fourth-order valence-electron chi connectivity index (χ4n) is 2.30. The van der Waals surface area contributed by atoms with Gasteiger partial charge in [-0.25, -0.2) is 0 Å². The third-order valence-electron chi connectivity index (χ3n) is 3.39. The highest BCUT2D eigenvalue weighted by atomic mass is 35.5. The van der Waals surface area contributed by atoms with E-state index in [9.17, 15) is 4.79 Å². The number of nitrogens with zero attached hydrogens (tertiary/aromatic N) is 4. The van der Waals surface area contributed by atoms with Gasteiger partial charge in [0.1, 0.15) is 5.75 Å². The van der Waals surface area contributed by atoms with Crippen molar-refractivity contribution >= 4 is 34.6 Å². The Hall–Kier alpha value is -3.39. The zero-order valence-corrected chi connectivity index (χ0v) is 13.2. The highest BCUT2D eigenvalue weighted by molar-refractivity contribution is 6.31. The predicted octanol–water partition coefficient (Wildman–Crippen LogP) is 2.43. The maximum atomic E-state index is 12.8. The number of phenols is 1. The van der Waals surface area contributed by atoms with E-state index in [4.69, 9.17) is 17.2 Å². The van der Waals surface area contributed by atoms with Gasteiger partial charge in [0.2, 0.25) is 5.82 Å². The molecule has 124 valence electrons. The van der Waals surface area contributed by atoms with Crippen LogP contribution in [0.1, 0.15) is 7.20 Å². The topological polar surface area (TPSA) is 105 Å². The Morgan fingerprint density at radius 2 is 2.36 bits per heavy atom. The predicted molar refractivity (Wildman–Crippen MR) is 92.5 cm³/mol. The molecular weight excluding hydrogens is 344 g/mol. The number of hydrogen-bond donors (Lipinski definition) is 3.